The van der Waals surface area contributed by atoms with Crippen LogP contribution < -0.4 is 9.62 Å². The molecule has 1 N–H and O–H groups in total. The standard InChI is InChI=1S/C25H24ClFN2O3S/c1-17(19-11-10-18-6-5-7-20(18)14-19)28-25(30)16-29(21-12-13-24(27)23(26)15-21)33(31,32)22-8-3-2-4-9-22/h2-4,8-15,17H,5-7,16H2,1H3,(H,28,30)/t17-/m0/s1. The maximum absolute atomic E-state index is 13.7. The Kier molecular flexibility index (Phi) is 6.72. The second kappa shape index (κ2) is 9.53. The van der Waals surface area contributed by atoms with Crippen LogP contribution in [0.25, 0.3) is 0 Å². The van der Waals surface area contributed by atoms with Crippen molar-refractivity contribution in [2.24, 2.45) is 0 Å². The number of carbonyl (C=O) groups is 1. The molecule has 1 amide bonds. The fourth-order valence-corrected chi connectivity index (χ4v) is 5.65. The number of carbonyl (C=O) groups excluding carboxylic acids is 1. The normalized spacial score (nSPS) is 13.9. The van der Waals surface area contributed by atoms with Gasteiger partial charge in [0, 0.05) is 0 Å². The number of aryl methyl sites for hydroxylation is 2. The molecule has 0 heterocycles. The summed E-state index contributed by atoms with van der Waals surface area (Å²) in [5.41, 5.74) is 3.70. The molecule has 0 aliphatic heterocycles. The van der Waals surface area contributed by atoms with E-state index in [4.69, 9.17) is 11.6 Å². The summed E-state index contributed by atoms with van der Waals surface area (Å²) in [5.74, 6) is -1.16. The molecule has 5 nitrogen and oxygen atoms in total. The second-order valence-electron chi connectivity index (χ2n) is 8.09. The minimum atomic E-state index is -4.10. The fraction of sp³-hybridized carbons (Fsp3) is 0.240. The van der Waals surface area contributed by atoms with Crippen LogP contribution in [0.15, 0.2) is 71.6 Å². The molecule has 33 heavy (non-hydrogen) atoms. The molecule has 1 atom stereocenters. The van der Waals surface area contributed by atoms with Gasteiger partial charge in [-0.25, -0.2) is 12.8 Å². The van der Waals surface area contributed by atoms with E-state index in [9.17, 15) is 17.6 Å². The van der Waals surface area contributed by atoms with Gasteiger partial charge in [-0.15, -0.1) is 0 Å². The molecule has 3 aromatic rings. The Bertz CT molecular complexity index is 1280. The smallest absolute Gasteiger partial charge is 0.264 e. The molecule has 1 aliphatic carbocycles. The molecule has 4 rings (SSSR count). The van der Waals surface area contributed by atoms with Crippen molar-refractivity contribution in [2.45, 2.75) is 37.1 Å². The summed E-state index contributed by atoms with van der Waals surface area (Å²) in [6, 6.07) is 17.2. The molecule has 0 unspecified atom stereocenters. The van der Waals surface area contributed by atoms with E-state index in [0.717, 1.165) is 35.2 Å². The van der Waals surface area contributed by atoms with Gasteiger partial charge in [-0.05, 0) is 73.2 Å². The van der Waals surface area contributed by atoms with E-state index in [1.807, 2.05) is 13.0 Å². The van der Waals surface area contributed by atoms with Crippen molar-refractivity contribution in [1.29, 1.82) is 0 Å². The van der Waals surface area contributed by atoms with E-state index in [0.29, 0.717) is 0 Å². The van der Waals surface area contributed by atoms with Crippen LogP contribution in [0.1, 0.15) is 36.1 Å². The van der Waals surface area contributed by atoms with Crippen LogP contribution in [0.2, 0.25) is 5.02 Å². The highest BCUT2D eigenvalue weighted by atomic mass is 35.5. The number of anilines is 1. The van der Waals surface area contributed by atoms with Crippen molar-refractivity contribution < 1.29 is 17.6 Å². The van der Waals surface area contributed by atoms with Gasteiger partial charge in [-0.1, -0.05) is 48.0 Å². The average Bonchev–Trinajstić information content (AvgIpc) is 3.28. The minimum Gasteiger partial charge on any atom is -0.348 e. The molecule has 0 spiro atoms. The lowest BCUT2D eigenvalue weighted by Crippen LogP contribution is -2.41. The van der Waals surface area contributed by atoms with Crippen LogP contribution >= 0.6 is 11.6 Å². The number of hydrogen-bond donors (Lipinski definition) is 1. The molecule has 0 saturated carbocycles. The van der Waals surface area contributed by atoms with Crippen LogP contribution in [0.5, 0.6) is 0 Å². The van der Waals surface area contributed by atoms with Gasteiger partial charge in [-0.2, -0.15) is 0 Å². The number of hydrogen-bond acceptors (Lipinski definition) is 3. The first-order valence-corrected chi connectivity index (χ1v) is 12.5. The Morgan fingerprint density at radius 1 is 1.06 bits per heavy atom. The predicted molar refractivity (Wildman–Crippen MR) is 127 cm³/mol. The van der Waals surface area contributed by atoms with E-state index in [1.54, 1.807) is 18.2 Å². The third kappa shape index (κ3) is 5.04. The first kappa shape index (κ1) is 23.3. The molecule has 0 fully saturated rings. The number of nitrogens with zero attached hydrogens (tertiary/aromatic N) is 1. The largest absolute Gasteiger partial charge is 0.348 e. The summed E-state index contributed by atoms with van der Waals surface area (Å²) < 4.78 is 41.4. The first-order valence-electron chi connectivity index (χ1n) is 10.7. The molecular formula is C25H24ClFN2O3S. The third-order valence-corrected chi connectivity index (χ3v) is 7.89. The topological polar surface area (TPSA) is 66.5 Å². The van der Waals surface area contributed by atoms with Gasteiger partial charge in [0.05, 0.1) is 21.6 Å². The van der Waals surface area contributed by atoms with E-state index < -0.39 is 28.3 Å². The van der Waals surface area contributed by atoms with E-state index >= 15 is 0 Å². The molecule has 0 bridgehead atoms. The van der Waals surface area contributed by atoms with Crippen molar-refractivity contribution in [2.75, 3.05) is 10.8 Å². The highest BCUT2D eigenvalue weighted by Gasteiger charge is 2.28. The third-order valence-electron chi connectivity index (χ3n) is 5.81. The molecule has 0 aromatic heterocycles. The molecule has 8 heteroatoms. The predicted octanol–water partition coefficient (Wildman–Crippen LogP) is 5.04. The van der Waals surface area contributed by atoms with E-state index in [2.05, 4.69) is 17.4 Å². The van der Waals surface area contributed by atoms with Gasteiger partial charge in [0.1, 0.15) is 12.4 Å². The fourth-order valence-electron chi connectivity index (χ4n) is 4.04. The summed E-state index contributed by atoms with van der Waals surface area (Å²) in [5, 5.41) is 2.66. The van der Waals surface area contributed by atoms with Crippen molar-refractivity contribution >= 4 is 33.2 Å². The molecule has 3 aromatic carbocycles. The van der Waals surface area contributed by atoms with Crippen molar-refractivity contribution in [3.8, 4) is 0 Å². The zero-order valence-electron chi connectivity index (χ0n) is 18.1. The van der Waals surface area contributed by atoms with Crippen LogP contribution in [0.4, 0.5) is 10.1 Å². The lowest BCUT2D eigenvalue weighted by atomic mass is 10.0. The number of benzene rings is 3. The van der Waals surface area contributed by atoms with Crippen LogP contribution in [-0.4, -0.2) is 20.9 Å². The van der Waals surface area contributed by atoms with Gasteiger partial charge >= 0.3 is 0 Å². The second-order valence-corrected chi connectivity index (χ2v) is 10.4. The Balaban J connectivity index is 1.59. The van der Waals surface area contributed by atoms with Crippen molar-refractivity contribution in [3.63, 3.8) is 0 Å². The summed E-state index contributed by atoms with van der Waals surface area (Å²) in [4.78, 5) is 13.0. The molecule has 0 saturated heterocycles. The Morgan fingerprint density at radius 3 is 2.52 bits per heavy atom. The Morgan fingerprint density at radius 2 is 1.79 bits per heavy atom. The molecule has 172 valence electrons. The molecule has 0 radical (unpaired) electrons. The van der Waals surface area contributed by atoms with Crippen LogP contribution in [0.3, 0.4) is 0 Å². The van der Waals surface area contributed by atoms with Gasteiger partial charge in [-0.3, -0.25) is 9.10 Å². The highest BCUT2D eigenvalue weighted by molar-refractivity contribution is 7.92. The summed E-state index contributed by atoms with van der Waals surface area (Å²) in [7, 11) is -4.10. The summed E-state index contributed by atoms with van der Waals surface area (Å²) in [6.45, 7) is 1.38. The van der Waals surface area contributed by atoms with Crippen LogP contribution in [0, 0.1) is 5.82 Å². The number of rotatable bonds is 7. The van der Waals surface area contributed by atoms with Gasteiger partial charge in [0.15, 0.2) is 0 Å². The van der Waals surface area contributed by atoms with Crippen molar-refractivity contribution in [1.82, 2.24) is 5.32 Å². The number of fused-ring (bicyclic) bond motifs is 1. The zero-order chi connectivity index (χ0) is 23.6. The monoisotopic (exact) mass is 486 g/mol. The summed E-state index contributed by atoms with van der Waals surface area (Å²) in [6.07, 6.45) is 3.23. The van der Waals surface area contributed by atoms with E-state index in [1.165, 1.54) is 35.4 Å². The van der Waals surface area contributed by atoms with Gasteiger partial charge < -0.3 is 5.32 Å². The quantitative estimate of drug-likeness (QED) is 0.508. The van der Waals surface area contributed by atoms with E-state index in [-0.39, 0.29) is 21.6 Å². The Hall–Kier alpha value is -2.90. The molecular weight excluding hydrogens is 463 g/mol. The maximum atomic E-state index is 13.7. The van der Waals surface area contributed by atoms with Gasteiger partial charge in [0.2, 0.25) is 5.91 Å². The zero-order valence-corrected chi connectivity index (χ0v) is 19.7. The van der Waals surface area contributed by atoms with Crippen molar-refractivity contribution in [3.05, 3.63) is 94.3 Å². The van der Waals surface area contributed by atoms with Gasteiger partial charge in [0.25, 0.3) is 10.0 Å². The molecule has 1 aliphatic rings. The SMILES string of the molecule is C[C@H](NC(=O)CN(c1ccc(F)c(Cl)c1)S(=O)(=O)c1ccccc1)c1ccc2c(c1)CCC2. The summed E-state index contributed by atoms with van der Waals surface area (Å²) >= 11 is 5.90. The number of halogens is 2. The number of sulfonamides is 1. The maximum Gasteiger partial charge on any atom is 0.264 e. The Labute approximate surface area is 198 Å². The number of nitrogens with one attached hydrogen (secondary N) is 1. The minimum absolute atomic E-state index is 0.0184. The highest BCUT2D eigenvalue weighted by Crippen LogP contribution is 2.28. The number of amides is 1. The average molecular weight is 487 g/mol. The lowest BCUT2D eigenvalue weighted by molar-refractivity contribution is -0.120. The first-order chi connectivity index (χ1) is 15.8. The lowest BCUT2D eigenvalue weighted by Gasteiger charge is -2.25. The van der Waals surface area contributed by atoms with Crippen LogP contribution in [-0.2, 0) is 27.7 Å².